The molecule has 1 aromatic rings. The summed E-state index contributed by atoms with van der Waals surface area (Å²) in [6.45, 7) is 2.00. The molecule has 2 atom stereocenters. The lowest BCUT2D eigenvalue weighted by Gasteiger charge is -2.27. The quantitative estimate of drug-likeness (QED) is 0.805. The second-order valence-electron chi connectivity index (χ2n) is 4.65. The summed E-state index contributed by atoms with van der Waals surface area (Å²) < 4.78 is 31.6. The van der Waals surface area contributed by atoms with Crippen LogP contribution < -0.4 is 0 Å². The number of ether oxygens (including phenoxy) is 1. The zero-order valence-corrected chi connectivity index (χ0v) is 11.1. The fourth-order valence-electron chi connectivity index (χ4n) is 2.29. The van der Waals surface area contributed by atoms with Gasteiger partial charge in [-0.3, -0.25) is 4.79 Å². The van der Waals surface area contributed by atoms with Crippen molar-refractivity contribution >= 4 is 15.8 Å². The monoisotopic (exact) mass is 279 g/mol. The maximum Gasteiger partial charge on any atom is 0.246 e. The predicted octanol–water partition coefficient (Wildman–Crippen LogP) is 0.850. The summed E-state index contributed by atoms with van der Waals surface area (Å²) in [4.78, 5) is 11.9. The van der Waals surface area contributed by atoms with Gasteiger partial charge in [0.25, 0.3) is 0 Å². The van der Waals surface area contributed by atoms with E-state index in [0.29, 0.717) is 0 Å². The number of hydrogen-bond donors (Lipinski definition) is 0. The largest absolute Gasteiger partial charge is 0.356 e. The highest BCUT2D eigenvalue weighted by atomic mass is 32.2. The average molecular weight is 279 g/mol. The summed E-state index contributed by atoms with van der Waals surface area (Å²) in [5.74, 6) is -0.232. The van der Waals surface area contributed by atoms with E-state index in [-0.39, 0.29) is 17.3 Å². The van der Waals surface area contributed by atoms with Crippen molar-refractivity contribution in [3.05, 3.63) is 42.0 Å². The fourth-order valence-corrected chi connectivity index (χ4v) is 3.91. The number of rotatable bonds is 2. The molecule has 19 heavy (non-hydrogen) atoms. The molecule has 0 aromatic heterocycles. The number of carbonyl (C=O) groups is 1. The Kier molecular flexibility index (Phi) is 2.81. The van der Waals surface area contributed by atoms with Crippen molar-refractivity contribution < 1.29 is 17.9 Å². The number of fused-ring (bicyclic) bond motifs is 2. The van der Waals surface area contributed by atoms with Crippen LogP contribution in [0.3, 0.4) is 0 Å². The van der Waals surface area contributed by atoms with Crippen LogP contribution in [0.4, 0.5) is 0 Å². The topological polar surface area (TPSA) is 63.7 Å². The van der Waals surface area contributed by atoms with Crippen molar-refractivity contribution in [2.75, 3.05) is 6.61 Å². The normalized spacial score (nSPS) is 26.9. The molecule has 2 aliphatic heterocycles. The number of ketones is 1. The van der Waals surface area contributed by atoms with E-state index >= 15 is 0 Å². The van der Waals surface area contributed by atoms with Gasteiger partial charge in [0.2, 0.25) is 10.0 Å². The Labute approximate surface area is 111 Å². The van der Waals surface area contributed by atoms with Crippen LogP contribution in [-0.4, -0.2) is 37.4 Å². The Morgan fingerprint density at radius 1 is 1.26 bits per heavy atom. The molecule has 0 saturated carbocycles. The molecule has 3 rings (SSSR count). The first-order valence-electron chi connectivity index (χ1n) is 5.94. The molecule has 2 heterocycles. The number of nitrogens with zero attached hydrogens (tertiary/aromatic N) is 1. The van der Waals surface area contributed by atoms with Gasteiger partial charge in [0.15, 0.2) is 5.78 Å². The van der Waals surface area contributed by atoms with E-state index in [0.717, 1.165) is 9.87 Å². The number of benzene rings is 1. The second kappa shape index (κ2) is 4.26. The van der Waals surface area contributed by atoms with Gasteiger partial charge >= 0.3 is 0 Å². The highest BCUT2D eigenvalue weighted by Crippen LogP contribution is 2.30. The first-order valence-corrected chi connectivity index (χ1v) is 7.38. The summed E-state index contributed by atoms with van der Waals surface area (Å²) in [6.07, 6.45) is 2.20. The predicted molar refractivity (Wildman–Crippen MR) is 67.9 cm³/mol. The van der Waals surface area contributed by atoms with Gasteiger partial charge in [-0.05, 0) is 31.2 Å². The van der Waals surface area contributed by atoms with Crippen molar-refractivity contribution in [3.63, 3.8) is 0 Å². The lowest BCUT2D eigenvalue weighted by atomic mass is 10.1. The van der Waals surface area contributed by atoms with E-state index in [1.807, 2.05) is 6.92 Å². The van der Waals surface area contributed by atoms with Crippen LogP contribution in [0.2, 0.25) is 0 Å². The Balaban J connectivity index is 2.04. The highest BCUT2D eigenvalue weighted by molar-refractivity contribution is 7.89. The van der Waals surface area contributed by atoms with Crippen molar-refractivity contribution in [3.8, 4) is 0 Å². The van der Waals surface area contributed by atoms with E-state index in [1.165, 1.54) is 12.2 Å². The molecular weight excluding hydrogens is 266 g/mol. The van der Waals surface area contributed by atoms with E-state index in [4.69, 9.17) is 4.74 Å². The van der Waals surface area contributed by atoms with Crippen molar-refractivity contribution in [2.24, 2.45) is 0 Å². The van der Waals surface area contributed by atoms with Gasteiger partial charge in [0, 0.05) is 0 Å². The maximum absolute atomic E-state index is 12.6. The molecule has 0 N–H and O–H groups in total. The van der Waals surface area contributed by atoms with Crippen LogP contribution in [0.15, 0.2) is 41.3 Å². The molecule has 0 amide bonds. The van der Waals surface area contributed by atoms with E-state index < -0.39 is 22.3 Å². The van der Waals surface area contributed by atoms with Gasteiger partial charge < -0.3 is 4.74 Å². The molecule has 6 heteroatoms. The van der Waals surface area contributed by atoms with E-state index in [1.54, 1.807) is 24.3 Å². The minimum absolute atomic E-state index is 0.113. The lowest BCUT2D eigenvalue weighted by molar-refractivity contribution is -0.117. The Bertz CT molecular complexity index is 648. The minimum atomic E-state index is -3.71. The SMILES string of the molecule is Cc1ccc(S(=O)(=O)N2[C@@H]3C=CC(=O)[C@H]2CO3)cc1. The molecule has 1 aromatic carbocycles. The van der Waals surface area contributed by atoms with Crippen LogP contribution in [0.5, 0.6) is 0 Å². The van der Waals surface area contributed by atoms with Crippen LogP contribution >= 0.6 is 0 Å². The number of sulfonamides is 1. The Hall–Kier alpha value is -1.50. The smallest absolute Gasteiger partial charge is 0.246 e. The van der Waals surface area contributed by atoms with Gasteiger partial charge in [-0.2, -0.15) is 4.31 Å². The molecule has 0 aliphatic carbocycles. The number of aryl methyl sites for hydroxylation is 1. The molecule has 2 bridgehead atoms. The molecular formula is C13H13NO4S. The van der Waals surface area contributed by atoms with Crippen molar-refractivity contribution in [1.29, 1.82) is 0 Å². The molecule has 100 valence electrons. The van der Waals surface area contributed by atoms with Gasteiger partial charge in [0.05, 0.1) is 11.5 Å². The second-order valence-corrected chi connectivity index (χ2v) is 6.49. The summed E-state index contributed by atoms with van der Waals surface area (Å²) in [5.41, 5.74) is 0.979. The Morgan fingerprint density at radius 3 is 2.63 bits per heavy atom. The van der Waals surface area contributed by atoms with Gasteiger partial charge in [-0.25, -0.2) is 8.42 Å². The van der Waals surface area contributed by atoms with Crippen molar-refractivity contribution in [2.45, 2.75) is 24.1 Å². The number of hydrogen-bond acceptors (Lipinski definition) is 4. The molecule has 0 spiro atoms. The van der Waals surface area contributed by atoms with Crippen LogP contribution in [0.1, 0.15) is 5.56 Å². The first-order chi connectivity index (χ1) is 9.00. The summed E-state index contributed by atoms with van der Waals surface area (Å²) in [5, 5.41) is 0. The third kappa shape index (κ3) is 1.92. The van der Waals surface area contributed by atoms with Crippen LogP contribution in [-0.2, 0) is 19.6 Å². The third-order valence-electron chi connectivity index (χ3n) is 3.33. The summed E-state index contributed by atoms with van der Waals surface area (Å²) >= 11 is 0. The third-order valence-corrected chi connectivity index (χ3v) is 5.22. The molecule has 1 saturated heterocycles. The zero-order valence-electron chi connectivity index (χ0n) is 10.3. The molecule has 0 radical (unpaired) electrons. The van der Waals surface area contributed by atoms with Gasteiger partial charge in [-0.1, -0.05) is 17.7 Å². The van der Waals surface area contributed by atoms with E-state index in [2.05, 4.69) is 0 Å². The highest BCUT2D eigenvalue weighted by Gasteiger charge is 2.47. The summed E-state index contributed by atoms with van der Waals surface area (Å²) in [7, 11) is -3.71. The molecule has 2 aliphatic rings. The van der Waals surface area contributed by atoms with Gasteiger partial charge in [0.1, 0.15) is 12.3 Å². The van der Waals surface area contributed by atoms with Crippen LogP contribution in [0.25, 0.3) is 0 Å². The molecule has 1 fully saturated rings. The fraction of sp³-hybridized carbons (Fsp3) is 0.308. The van der Waals surface area contributed by atoms with Crippen molar-refractivity contribution in [1.82, 2.24) is 4.31 Å². The standard InChI is InChI=1S/C13H13NO4S/c1-9-2-4-10(5-3-9)19(16,17)14-11-8-18-13(14)7-6-12(11)15/h2-7,11,13H,8H2,1H3/t11-,13+/m1/s1. The Morgan fingerprint density at radius 2 is 1.95 bits per heavy atom. The first kappa shape index (κ1) is 12.5. The molecule has 5 nitrogen and oxygen atoms in total. The van der Waals surface area contributed by atoms with E-state index in [9.17, 15) is 13.2 Å². The van der Waals surface area contributed by atoms with Gasteiger partial charge in [-0.15, -0.1) is 0 Å². The summed E-state index contributed by atoms with van der Waals surface area (Å²) in [6, 6.07) is 5.83. The van der Waals surface area contributed by atoms with Crippen LogP contribution in [0, 0.1) is 6.92 Å². The maximum atomic E-state index is 12.6. The lowest BCUT2D eigenvalue weighted by Crippen LogP contribution is -2.47. The molecule has 0 unspecified atom stereocenters. The zero-order chi connectivity index (χ0) is 13.6. The minimum Gasteiger partial charge on any atom is -0.356 e. The number of carbonyl (C=O) groups excluding carboxylic acids is 1. The average Bonchev–Trinajstić information content (AvgIpc) is 2.73.